The number of aryl methyl sites for hydroxylation is 3. The maximum absolute atomic E-state index is 12.6. The van der Waals surface area contributed by atoms with Gasteiger partial charge in [0.1, 0.15) is 23.7 Å². The van der Waals surface area contributed by atoms with Crippen molar-refractivity contribution in [2.75, 3.05) is 39.4 Å². The monoisotopic (exact) mass is 401 g/mol. The molecule has 0 bridgehead atoms. The maximum atomic E-state index is 12.6. The molecule has 1 aliphatic carbocycles. The minimum atomic E-state index is -0.208. The first kappa shape index (κ1) is 18.0. The molecule has 2 N–H and O–H groups in total. The molecule has 1 amide bonds. The van der Waals surface area contributed by atoms with Crippen molar-refractivity contribution in [3.8, 4) is 0 Å². The highest BCUT2D eigenvalue weighted by Crippen LogP contribution is 2.38. The first-order valence-electron chi connectivity index (χ1n) is 10.1. The van der Waals surface area contributed by atoms with Crippen LogP contribution >= 0.6 is 11.3 Å². The summed E-state index contributed by atoms with van der Waals surface area (Å²) in [5, 5.41) is 8.51. The van der Waals surface area contributed by atoms with Crippen LogP contribution in [0.4, 0.5) is 0 Å². The van der Waals surface area contributed by atoms with Crippen LogP contribution in [0.1, 0.15) is 39.7 Å². The second kappa shape index (κ2) is 7.38. The fourth-order valence-electron chi connectivity index (χ4n) is 4.22. The van der Waals surface area contributed by atoms with E-state index in [9.17, 15) is 4.79 Å². The zero-order valence-electron chi connectivity index (χ0n) is 16.1. The molecule has 0 spiro atoms. The number of nitrogens with one attached hydrogen (secondary N) is 2. The molecule has 1 aliphatic heterocycles. The lowest BCUT2D eigenvalue weighted by Gasteiger charge is -2.23. The summed E-state index contributed by atoms with van der Waals surface area (Å²) >= 11 is 1.76. The van der Waals surface area contributed by atoms with Crippen molar-refractivity contribution in [2.45, 2.75) is 32.6 Å². The van der Waals surface area contributed by atoms with Crippen molar-refractivity contribution in [3.05, 3.63) is 22.1 Å². The average Bonchev–Trinajstić information content (AvgIpc) is 3.40. The van der Waals surface area contributed by atoms with Crippen LogP contribution in [0.25, 0.3) is 15.9 Å². The van der Waals surface area contributed by atoms with E-state index in [0.29, 0.717) is 6.54 Å². The summed E-state index contributed by atoms with van der Waals surface area (Å²) in [4.78, 5) is 25.9. The van der Waals surface area contributed by atoms with Crippen molar-refractivity contribution < 1.29 is 14.4 Å². The quantitative estimate of drug-likeness (QED) is 0.596. The predicted molar refractivity (Wildman–Crippen MR) is 106 cm³/mol. The van der Waals surface area contributed by atoms with E-state index >= 15 is 0 Å². The molecule has 0 atom stereocenters. The first-order valence-corrected chi connectivity index (χ1v) is 10.9. The van der Waals surface area contributed by atoms with Crippen LogP contribution < -0.4 is 10.2 Å². The Morgan fingerprint density at radius 2 is 2.14 bits per heavy atom. The summed E-state index contributed by atoms with van der Waals surface area (Å²) in [6, 6.07) is 0. The van der Waals surface area contributed by atoms with Gasteiger partial charge in [0.05, 0.1) is 25.1 Å². The fraction of sp³-hybridized carbons (Fsp3) is 0.579. The molecular weight excluding hydrogens is 376 g/mol. The van der Waals surface area contributed by atoms with Gasteiger partial charge in [-0.2, -0.15) is 4.52 Å². The summed E-state index contributed by atoms with van der Waals surface area (Å²) < 4.78 is 7.10. The van der Waals surface area contributed by atoms with E-state index in [1.807, 2.05) is 6.92 Å². The van der Waals surface area contributed by atoms with Crippen LogP contribution in [0.2, 0.25) is 0 Å². The van der Waals surface area contributed by atoms with E-state index in [2.05, 4.69) is 15.4 Å². The Bertz CT molecular complexity index is 1040. The Balaban J connectivity index is 1.32. The average molecular weight is 402 g/mol. The lowest BCUT2D eigenvalue weighted by molar-refractivity contribution is -0.908. The summed E-state index contributed by atoms with van der Waals surface area (Å²) in [6.07, 6.45) is 4.31. The van der Waals surface area contributed by atoms with Crippen molar-refractivity contribution in [2.24, 2.45) is 0 Å². The Hall–Kier alpha value is -2.10. The van der Waals surface area contributed by atoms with Crippen molar-refractivity contribution >= 4 is 33.1 Å². The molecule has 3 aromatic rings. The summed E-state index contributed by atoms with van der Waals surface area (Å²) in [7, 11) is 0. The molecule has 8 nitrogen and oxygen atoms in total. The van der Waals surface area contributed by atoms with Crippen LogP contribution in [0, 0.1) is 6.92 Å². The maximum Gasteiger partial charge on any atom is 0.290 e. The zero-order chi connectivity index (χ0) is 19.1. The number of amides is 1. The molecular formula is C19H25N6O2S+. The number of aromatic nitrogens is 4. The van der Waals surface area contributed by atoms with Gasteiger partial charge in [0, 0.05) is 17.8 Å². The zero-order valence-corrected chi connectivity index (χ0v) is 16.9. The van der Waals surface area contributed by atoms with Gasteiger partial charge in [0.25, 0.3) is 5.91 Å². The number of hydrogen-bond acceptors (Lipinski definition) is 6. The van der Waals surface area contributed by atoms with Crippen LogP contribution in [0.3, 0.4) is 0 Å². The largest absolute Gasteiger partial charge is 0.370 e. The number of ether oxygens (including phenoxy) is 1. The van der Waals surface area contributed by atoms with Gasteiger partial charge in [-0.05, 0) is 31.7 Å². The molecule has 0 aromatic carbocycles. The highest BCUT2D eigenvalue weighted by Gasteiger charge is 2.24. The molecule has 148 valence electrons. The molecule has 5 rings (SSSR count). The Kier molecular flexibility index (Phi) is 4.73. The van der Waals surface area contributed by atoms with E-state index in [0.717, 1.165) is 73.8 Å². The van der Waals surface area contributed by atoms with Crippen LogP contribution in [-0.4, -0.2) is 64.9 Å². The number of thiophene rings is 1. The third-order valence-corrected chi connectivity index (χ3v) is 6.88. The number of carbonyl (C=O) groups excluding carboxylic acids is 1. The second-order valence-electron chi connectivity index (χ2n) is 7.59. The highest BCUT2D eigenvalue weighted by atomic mass is 32.1. The van der Waals surface area contributed by atoms with Crippen LogP contribution in [-0.2, 0) is 17.6 Å². The highest BCUT2D eigenvalue weighted by molar-refractivity contribution is 7.19. The Morgan fingerprint density at radius 1 is 1.29 bits per heavy atom. The lowest BCUT2D eigenvalue weighted by atomic mass is 10.2. The van der Waals surface area contributed by atoms with Gasteiger partial charge in [0.2, 0.25) is 5.82 Å². The SMILES string of the molecule is Cc1nc2sc3c(c2c2nc(C(=O)NCCC[NH+]4CCOCC4)nn12)CCC3. The standard InChI is InChI=1S/C19H24N6O2S/c1-12-21-19-15(13-4-2-5-14(13)28-19)17-22-16(23-25(12)17)18(26)20-6-3-7-24-8-10-27-11-9-24/h2-11H2,1H3,(H,20,26)/p+1. The molecule has 3 aromatic heterocycles. The summed E-state index contributed by atoms with van der Waals surface area (Å²) in [5.41, 5.74) is 2.12. The summed E-state index contributed by atoms with van der Waals surface area (Å²) in [5.74, 6) is 0.791. The molecule has 0 unspecified atom stereocenters. The third-order valence-electron chi connectivity index (χ3n) is 5.70. The minimum Gasteiger partial charge on any atom is -0.370 e. The number of morpholine rings is 1. The summed E-state index contributed by atoms with van der Waals surface area (Å²) in [6.45, 7) is 7.37. The van der Waals surface area contributed by atoms with Crippen molar-refractivity contribution in [1.82, 2.24) is 24.9 Å². The number of carbonyl (C=O) groups is 1. The van der Waals surface area contributed by atoms with Gasteiger partial charge >= 0.3 is 0 Å². The van der Waals surface area contributed by atoms with E-state index in [4.69, 9.17) is 9.72 Å². The number of quaternary nitrogens is 1. The molecule has 0 radical (unpaired) electrons. The molecule has 1 fully saturated rings. The Morgan fingerprint density at radius 3 is 3.00 bits per heavy atom. The van der Waals surface area contributed by atoms with Crippen molar-refractivity contribution in [3.63, 3.8) is 0 Å². The number of hydrogen-bond donors (Lipinski definition) is 2. The first-order chi connectivity index (χ1) is 13.7. The van der Waals surface area contributed by atoms with Gasteiger partial charge in [-0.1, -0.05) is 0 Å². The molecule has 1 saturated heterocycles. The normalized spacial score (nSPS) is 17.5. The number of rotatable bonds is 5. The minimum absolute atomic E-state index is 0.208. The van der Waals surface area contributed by atoms with E-state index in [1.54, 1.807) is 20.8 Å². The smallest absolute Gasteiger partial charge is 0.290 e. The third kappa shape index (κ3) is 3.17. The van der Waals surface area contributed by atoms with Gasteiger partial charge in [-0.25, -0.2) is 9.97 Å². The van der Waals surface area contributed by atoms with Gasteiger partial charge in [0.15, 0.2) is 5.65 Å². The van der Waals surface area contributed by atoms with Crippen LogP contribution in [0.5, 0.6) is 0 Å². The molecule has 2 aliphatic rings. The number of fused-ring (bicyclic) bond motifs is 5. The van der Waals surface area contributed by atoms with E-state index in [1.165, 1.54) is 16.9 Å². The number of nitrogens with zero attached hydrogens (tertiary/aromatic N) is 4. The predicted octanol–water partition coefficient (Wildman–Crippen LogP) is 0.171. The van der Waals surface area contributed by atoms with Gasteiger partial charge in [-0.3, -0.25) is 4.79 Å². The molecule has 4 heterocycles. The van der Waals surface area contributed by atoms with Gasteiger partial charge < -0.3 is 15.0 Å². The Labute approximate surface area is 166 Å². The molecule has 9 heteroatoms. The van der Waals surface area contributed by atoms with Gasteiger partial charge in [-0.15, -0.1) is 16.4 Å². The molecule has 0 saturated carbocycles. The van der Waals surface area contributed by atoms with E-state index < -0.39 is 0 Å². The van der Waals surface area contributed by atoms with E-state index in [-0.39, 0.29) is 11.7 Å². The lowest BCUT2D eigenvalue weighted by Crippen LogP contribution is -3.14. The fourth-order valence-corrected chi connectivity index (χ4v) is 5.52. The van der Waals surface area contributed by atoms with Crippen molar-refractivity contribution in [1.29, 1.82) is 0 Å². The second-order valence-corrected chi connectivity index (χ2v) is 8.67. The molecule has 28 heavy (non-hydrogen) atoms. The topological polar surface area (TPSA) is 85.8 Å². The van der Waals surface area contributed by atoms with Crippen LogP contribution in [0.15, 0.2) is 0 Å².